The molecule has 0 saturated heterocycles. The van der Waals surface area contributed by atoms with E-state index in [2.05, 4.69) is 21.0 Å². The third-order valence-corrected chi connectivity index (χ3v) is 6.21. The van der Waals surface area contributed by atoms with Gasteiger partial charge < -0.3 is 0 Å². The minimum absolute atomic E-state index is 0.661. The molecule has 0 N–H and O–H groups in total. The molecule has 0 radical (unpaired) electrons. The maximum atomic E-state index is 12.9. The third-order valence-electron chi connectivity index (χ3n) is 6.21. The lowest BCUT2D eigenvalue weighted by atomic mass is 10.0. The number of benzene rings is 3. The van der Waals surface area contributed by atoms with Crippen molar-refractivity contribution in [1.29, 1.82) is 0 Å². The Morgan fingerprint density at radius 2 is 1.11 bits per heavy atom. The molecule has 3 aromatic carbocycles. The smallest absolute Gasteiger partial charge is 0.256 e. The minimum atomic E-state index is -4.35. The first kappa shape index (κ1) is 21.9. The molecule has 0 atom stereocenters. The van der Waals surface area contributed by atoms with Crippen molar-refractivity contribution in [2.24, 2.45) is 0 Å². The highest BCUT2D eigenvalue weighted by Crippen LogP contribution is 2.32. The van der Waals surface area contributed by atoms with Crippen molar-refractivity contribution in [2.45, 2.75) is 6.18 Å². The van der Waals surface area contributed by atoms with E-state index in [4.69, 9.17) is 0 Å². The Kier molecular flexibility index (Phi) is 5.22. The molecular weight excluding hydrogens is 459 g/mol. The number of alkyl halides is 3. The van der Waals surface area contributed by atoms with E-state index in [9.17, 15) is 13.2 Å². The molecule has 3 nitrogen and oxygen atoms in total. The first-order chi connectivity index (χ1) is 17.4. The topological polar surface area (TPSA) is 38.7 Å². The molecule has 6 heteroatoms. The average molecular weight is 477 g/mol. The molecule has 6 aromatic rings. The molecule has 36 heavy (non-hydrogen) atoms. The molecular formula is C30H18F3N3. The number of pyridine rings is 3. The van der Waals surface area contributed by atoms with Gasteiger partial charge in [-0.3, -0.25) is 15.0 Å². The number of para-hydroxylation sites is 1. The summed E-state index contributed by atoms with van der Waals surface area (Å²) < 4.78 is 38.6. The maximum absolute atomic E-state index is 12.9. The van der Waals surface area contributed by atoms with Gasteiger partial charge in [-0.25, -0.2) is 0 Å². The molecule has 0 aliphatic rings. The van der Waals surface area contributed by atoms with Crippen LogP contribution in [0.25, 0.3) is 55.3 Å². The predicted molar refractivity (Wildman–Crippen MR) is 136 cm³/mol. The maximum Gasteiger partial charge on any atom is 0.416 e. The summed E-state index contributed by atoms with van der Waals surface area (Å²) in [6.07, 6.45) is 1.09. The number of hydrogen-bond donors (Lipinski definition) is 0. The number of halogens is 3. The first-order valence-electron chi connectivity index (χ1n) is 11.3. The summed E-state index contributed by atoms with van der Waals surface area (Å²) in [5, 5.41) is 2.00. The summed E-state index contributed by atoms with van der Waals surface area (Å²) >= 11 is 0. The molecule has 0 unspecified atom stereocenters. The largest absolute Gasteiger partial charge is 0.416 e. The zero-order valence-electron chi connectivity index (χ0n) is 18.9. The second-order valence-electron chi connectivity index (χ2n) is 8.56. The molecule has 0 aliphatic carbocycles. The van der Waals surface area contributed by atoms with E-state index in [0.29, 0.717) is 5.56 Å². The Labute approximate surface area is 204 Å². The van der Waals surface area contributed by atoms with Crippen LogP contribution in [-0.4, -0.2) is 15.0 Å². The number of rotatable bonds is 3. The zero-order valence-corrected chi connectivity index (χ0v) is 18.9. The molecule has 0 fully saturated rings. The van der Waals surface area contributed by atoms with E-state index in [-0.39, 0.29) is 0 Å². The van der Waals surface area contributed by atoms with Crippen molar-refractivity contribution in [3.05, 3.63) is 115 Å². The minimum Gasteiger partial charge on any atom is -0.256 e. The standard InChI is InChI=1S/C30H18F3N3/c31-30(32,33)26-10-7-19(8-11-26)20-5-6-22-13-24(17-36-29(22)15-20)23-9-12-28(34-16-23)25-14-21-3-1-2-4-27(21)35-18-25/h1-18H. The lowest BCUT2D eigenvalue weighted by molar-refractivity contribution is -0.137. The van der Waals surface area contributed by atoms with Gasteiger partial charge in [0.05, 0.1) is 22.3 Å². The summed E-state index contributed by atoms with van der Waals surface area (Å²) in [5.74, 6) is 0. The van der Waals surface area contributed by atoms with E-state index >= 15 is 0 Å². The van der Waals surface area contributed by atoms with Crippen LogP contribution < -0.4 is 0 Å². The summed E-state index contributed by atoms with van der Waals surface area (Å²) in [6.45, 7) is 0. The zero-order chi connectivity index (χ0) is 24.7. The second-order valence-corrected chi connectivity index (χ2v) is 8.56. The van der Waals surface area contributed by atoms with Crippen LogP contribution in [0.2, 0.25) is 0 Å². The second kappa shape index (κ2) is 8.57. The quantitative estimate of drug-likeness (QED) is 0.258. The Morgan fingerprint density at radius 3 is 1.89 bits per heavy atom. The number of fused-ring (bicyclic) bond motifs is 2. The molecule has 3 heterocycles. The Bertz CT molecular complexity index is 1710. The van der Waals surface area contributed by atoms with E-state index < -0.39 is 11.7 Å². The van der Waals surface area contributed by atoms with E-state index in [1.165, 1.54) is 12.1 Å². The van der Waals surface area contributed by atoms with Gasteiger partial charge >= 0.3 is 6.18 Å². The molecule has 3 aromatic heterocycles. The predicted octanol–water partition coefficient (Wildman–Crippen LogP) is 8.20. The Morgan fingerprint density at radius 1 is 0.472 bits per heavy atom. The molecule has 0 amide bonds. The van der Waals surface area contributed by atoms with Crippen LogP contribution in [0.4, 0.5) is 13.2 Å². The summed E-state index contributed by atoms with van der Waals surface area (Å²) in [6, 6.07) is 26.9. The van der Waals surface area contributed by atoms with Gasteiger partial charge in [0.25, 0.3) is 0 Å². The molecule has 0 spiro atoms. The van der Waals surface area contributed by atoms with E-state index in [1.807, 2.05) is 73.1 Å². The van der Waals surface area contributed by atoms with Gasteiger partial charge in [0.15, 0.2) is 0 Å². The van der Waals surface area contributed by atoms with Crippen LogP contribution in [0.3, 0.4) is 0 Å². The van der Waals surface area contributed by atoms with Crippen molar-refractivity contribution in [1.82, 2.24) is 15.0 Å². The van der Waals surface area contributed by atoms with Crippen molar-refractivity contribution >= 4 is 21.8 Å². The molecule has 0 aliphatic heterocycles. The SMILES string of the molecule is FC(F)(F)c1ccc(-c2ccc3cc(-c4ccc(-c5cnc6ccccc6c5)nc4)cnc3c2)cc1. The normalized spacial score (nSPS) is 11.8. The summed E-state index contributed by atoms with van der Waals surface area (Å²) in [5.41, 5.74) is 6.23. The highest BCUT2D eigenvalue weighted by Gasteiger charge is 2.29. The average Bonchev–Trinajstić information content (AvgIpc) is 2.92. The fraction of sp³-hybridized carbons (Fsp3) is 0.0333. The van der Waals surface area contributed by atoms with Crippen molar-refractivity contribution in [3.63, 3.8) is 0 Å². The van der Waals surface area contributed by atoms with Gasteiger partial charge in [-0.1, -0.05) is 48.5 Å². The fourth-order valence-electron chi connectivity index (χ4n) is 4.26. The number of nitrogens with zero attached hydrogens (tertiary/aromatic N) is 3. The number of aromatic nitrogens is 3. The summed E-state index contributed by atoms with van der Waals surface area (Å²) in [4.78, 5) is 13.8. The monoisotopic (exact) mass is 477 g/mol. The van der Waals surface area contributed by atoms with Gasteiger partial charge in [-0.15, -0.1) is 0 Å². The van der Waals surface area contributed by atoms with Crippen LogP contribution in [0.15, 0.2) is 110 Å². The van der Waals surface area contributed by atoms with Crippen LogP contribution in [0, 0.1) is 0 Å². The molecule has 174 valence electrons. The molecule has 0 bridgehead atoms. The van der Waals surface area contributed by atoms with E-state index in [0.717, 1.165) is 61.9 Å². The van der Waals surface area contributed by atoms with Crippen LogP contribution in [0.5, 0.6) is 0 Å². The van der Waals surface area contributed by atoms with Crippen LogP contribution in [0.1, 0.15) is 5.56 Å². The number of hydrogen-bond acceptors (Lipinski definition) is 3. The van der Waals surface area contributed by atoms with Crippen molar-refractivity contribution < 1.29 is 13.2 Å². The van der Waals surface area contributed by atoms with Gasteiger partial charge in [-0.2, -0.15) is 13.2 Å². The van der Waals surface area contributed by atoms with Gasteiger partial charge in [0.2, 0.25) is 0 Å². The Hall–Kier alpha value is -4.58. The lowest BCUT2D eigenvalue weighted by Gasteiger charge is -2.09. The van der Waals surface area contributed by atoms with Gasteiger partial charge in [0, 0.05) is 46.1 Å². The Balaban J connectivity index is 1.27. The van der Waals surface area contributed by atoms with Crippen LogP contribution in [-0.2, 0) is 6.18 Å². The van der Waals surface area contributed by atoms with Gasteiger partial charge in [-0.05, 0) is 53.6 Å². The molecule has 6 rings (SSSR count). The van der Waals surface area contributed by atoms with Crippen LogP contribution >= 0.6 is 0 Å². The van der Waals surface area contributed by atoms with Crippen molar-refractivity contribution in [2.75, 3.05) is 0 Å². The van der Waals surface area contributed by atoms with E-state index in [1.54, 1.807) is 6.20 Å². The van der Waals surface area contributed by atoms with Gasteiger partial charge in [0.1, 0.15) is 0 Å². The third kappa shape index (κ3) is 4.18. The van der Waals surface area contributed by atoms with Crippen molar-refractivity contribution in [3.8, 4) is 33.5 Å². The summed E-state index contributed by atoms with van der Waals surface area (Å²) in [7, 11) is 0. The highest BCUT2D eigenvalue weighted by atomic mass is 19.4. The molecule has 0 saturated carbocycles. The fourth-order valence-corrected chi connectivity index (χ4v) is 4.26. The first-order valence-corrected chi connectivity index (χ1v) is 11.3. The highest BCUT2D eigenvalue weighted by molar-refractivity contribution is 5.88. The lowest BCUT2D eigenvalue weighted by Crippen LogP contribution is -2.03.